The van der Waals surface area contributed by atoms with Crippen molar-refractivity contribution in [1.82, 2.24) is 9.80 Å². The molecule has 0 aromatic heterocycles. The molecule has 0 amide bonds. The Morgan fingerprint density at radius 2 is 1.27 bits per heavy atom. The summed E-state index contributed by atoms with van der Waals surface area (Å²) in [5, 5.41) is 36.9. The van der Waals surface area contributed by atoms with E-state index in [2.05, 4.69) is 108 Å². The maximum absolute atomic E-state index is 11.6. The molecule has 0 radical (unpaired) electrons. The van der Waals surface area contributed by atoms with E-state index in [4.69, 9.17) is 25.0 Å². The number of hydrogen-bond acceptors (Lipinski definition) is 7. The Labute approximate surface area is 341 Å². The third-order valence-corrected chi connectivity index (χ3v) is 11.0. The number of hydrogen-bond donors (Lipinski definition) is 4. The van der Waals surface area contributed by atoms with Crippen molar-refractivity contribution in [3.8, 4) is 11.5 Å². The van der Waals surface area contributed by atoms with Crippen LogP contribution in [0.25, 0.3) is 0 Å². The molecule has 0 spiro atoms. The zero-order valence-electron chi connectivity index (χ0n) is 35.2. The molecule has 5 rings (SSSR count). The SMILES string of the molecule is C[N+]1=C2N(CCCc3cc(C(C)(C)C)cc(C=NC4CCCCC4N=Cc4cc(C(C)(C)C)cc(C(C)(C)C)c4O)c3O)CCCN2CCC1.O=C(O)O.[Cr]. The van der Waals surface area contributed by atoms with Crippen LogP contribution in [-0.2, 0) is 40.0 Å². The zero-order chi connectivity index (χ0) is 40.0. The fourth-order valence-electron chi connectivity index (χ4n) is 7.81. The Balaban J connectivity index is 0.00000155. The minimum atomic E-state index is -1.83. The van der Waals surface area contributed by atoms with Crippen molar-refractivity contribution in [2.75, 3.05) is 39.8 Å². The predicted molar refractivity (Wildman–Crippen MR) is 221 cm³/mol. The number of benzene rings is 2. The molecule has 2 heterocycles. The average molecular weight is 799 g/mol. The Kier molecular flexibility index (Phi) is 15.9. The number of nitrogens with zero attached hydrogens (tertiary/aromatic N) is 5. The van der Waals surface area contributed by atoms with Crippen molar-refractivity contribution in [1.29, 1.82) is 0 Å². The smallest absolute Gasteiger partial charge is 0.503 e. The number of fused-ring (bicyclic) bond motifs is 1. The van der Waals surface area contributed by atoms with Crippen molar-refractivity contribution in [2.24, 2.45) is 9.98 Å². The first-order valence-electron chi connectivity index (χ1n) is 20.0. The molecule has 4 N–H and O–H groups in total. The molecule has 304 valence electrons. The Morgan fingerprint density at radius 1 is 0.764 bits per heavy atom. The van der Waals surface area contributed by atoms with Gasteiger partial charge in [-0.05, 0) is 70.8 Å². The average Bonchev–Trinajstić information content (AvgIpc) is 3.06. The summed E-state index contributed by atoms with van der Waals surface area (Å²) in [7, 11) is 2.23. The number of carbonyl (C=O) groups is 1. The van der Waals surface area contributed by atoms with Crippen molar-refractivity contribution in [3.05, 3.63) is 57.6 Å². The van der Waals surface area contributed by atoms with E-state index >= 15 is 0 Å². The van der Waals surface area contributed by atoms with Crippen LogP contribution in [0.1, 0.15) is 141 Å². The zero-order valence-corrected chi connectivity index (χ0v) is 36.4. The van der Waals surface area contributed by atoms with Crippen LogP contribution >= 0.6 is 0 Å². The van der Waals surface area contributed by atoms with Gasteiger partial charge in [-0.3, -0.25) is 24.4 Å². The molecule has 2 aromatic carbocycles. The number of aromatic hydroxyl groups is 2. The minimum Gasteiger partial charge on any atom is -0.507 e. The van der Waals surface area contributed by atoms with Gasteiger partial charge in [0.05, 0.1) is 51.9 Å². The number of rotatable bonds is 8. The van der Waals surface area contributed by atoms with Gasteiger partial charge >= 0.3 is 12.1 Å². The summed E-state index contributed by atoms with van der Waals surface area (Å²) < 4.78 is 2.42. The first-order valence-corrected chi connectivity index (χ1v) is 20.0. The number of aryl methyl sites for hydroxylation is 1. The molecule has 1 saturated heterocycles. The molecule has 11 heteroatoms. The van der Waals surface area contributed by atoms with Crippen LogP contribution in [-0.4, -0.2) is 111 Å². The first-order chi connectivity index (χ1) is 25.2. The van der Waals surface area contributed by atoms with E-state index in [-0.39, 0.29) is 45.7 Å². The third kappa shape index (κ3) is 12.5. The van der Waals surface area contributed by atoms with Crippen LogP contribution in [0.2, 0.25) is 0 Å². The summed E-state index contributed by atoms with van der Waals surface area (Å²) in [5.74, 6) is 2.07. The quantitative estimate of drug-likeness (QED) is 0.156. The van der Waals surface area contributed by atoms with Crippen molar-refractivity contribution >= 4 is 24.5 Å². The molecule has 2 unspecified atom stereocenters. The van der Waals surface area contributed by atoms with Crippen LogP contribution < -0.4 is 0 Å². The van der Waals surface area contributed by atoms with Crippen molar-refractivity contribution < 1.29 is 47.2 Å². The molecule has 0 bridgehead atoms. The third-order valence-electron chi connectivity index (χ3n) is 11.0. The molecular formula is C44H68CrN5O5+. The molecule has 2 fully saturated rings. The Morgan fingerprint density at radius 3 is 1.80 bits per heavy atom. The summed E-state index contributed by atoms with van der Waals surface area (Å²) in [6.07, 6.45) is 10.4. The topological polar surface area (TPSA) is 132 Å². The van der Waals surface area contributed by atoms with E-state index in [1.165, 1.54) is 29.9 Å². The number of guanidine groups is 1. The molecule has 10 nitrogen and oxygen atoms in total. The second-order valence-electron chi connectivity index (χ2n) is 18.5. The van der Waals surface area contributed by atoms with Gasteiger partial charge in [0.1, 0.15) is 11.5 Å². The number of phenols is 2. The molecule has 55 heavy (non-hydrogen) atoms. The molecule has 1 saturated carbocycles. The number of aliphatic imine (C=N–C) groups is 2. The summed E-state index contributed by atoms with van der Waals surface area (Å²) >= 11 is 0. The Hall–Kier alpha value is -3.55. The Bertz CT molecular complexity index is 1710. The minimum absolute atomic E-state index is 0. The summed E-state index contributed by atoms with van der Waals surface area (Å²) in [5.41, 5.74) is 5.68. The van der Waals surface area contributed by atoms with Gasteiger partial charge in [0, 0.05) is 59.3 Å². The molecule has 2 aromatic rings. The molecule has 1 aliphatic carbocycles. The summed E-state index contributed by atoms with van der Waals surface area (Å²) in [6, 6.07) is 8.66. The van der Waals surface area contributed by atoms with Gasteiger partial charge in [-0.1, -0.05) is 87.3 Å². The normalized spacial score (nSPS) is 19.6. The standard InChI is InChI=1S/C43H65N5O2.CH2O3.Cr/c1-41(2,3)33-24-30(16-13-20-47-22-15-23-48-21-14-19-46(10)40(47)48)38(49)31(25-33)28-44-36-17-11-12-18-37(36)45-29-32-26-34(42(4,5)6)27-35(39(32)50)43(7,8)9;2-1(3)4;/h24-29,36-37H,11-23H2,1-10H3,(H-,44,45,49,50);(H2,2,3,4);/p+1. The monoisotopic (exact) mass is 798 g/mol. The summed E-state index contributed by atoms with van der Waals surface area (Å²) in [6.45, 7) is 25.3. The summed E-state index contributed by atoms with van der Waals surface area (Å²) in [4.78, 5) is 23.9. The fourth-order valence-corrected chi connectivity index (χ4v) is 7.81. The van der Waals surface area contributed by atoms with E-state index in [0.29, 0.717) is 11.5 Å². The fraction of sp³-hybridized carbons (Fsp3) is 0.636. The molecule has 2 aliphatic heterocycles. The molecule has 3 aliphatic rings. The second-order valence-corrected chi connectivity index (χ2v) is 18.5. The van der Waals surface area contributed by atoms with E-state index in [1.807, 2.05) is 12.4 Å². The maximum atomic E-state index is 11.6. The van der Waals surface area contributed by atoms with Crippen LogP contribution in [0, 0.1) is 0 Å². The maximum Gasteiger partial charge on any atom is 0.503 e. The van der Waals surface area contributed by atoms with Crippen molar-refractivity contribution in [2.45, 2.75) is 142 Å². The molecule has 2 atom stereocenters. The van der Waals surface area contributed by atoms with Gasteiger partial charge < -0.3 is 20.4 Å². The van der Waals surface area contributed by atoms with Gasteiger partial charge in [-0.2, -0.15) is 0 Å². The van der Waals surface area contributed by atoms with Crippen LogP contribution in [0.4, 0.5) is 4.79 Å². The van der Waals surface area contributed by atoms with E-state index in [9.17, 15) is 10.2 Å². The van der Waals surface area contributed by atoms with E-state index in [0.717, 1.165) is 93.5 Å². The van der Waals surface area contributed by atoms with Gasteiger partial charge in [0.15, 0.2) is 0 Å². The van der Waals surface area contributed by atoms with Gasteiger partial charge in [-0.25, -0.2) is 4.79 Å². The first kappa shape index (κ1) is 45.8. The van der Waals surface area contributed by atoms with Crippen LogP contribution in [0.3, 0.4) is 0 Å². The van der Waals surface area contributed by atoms with Gasteiger partial charge in [0.25, 0.3) is 0 Å². The van der Waals surface area contributed by atoms with Crippen molar-refractivity contribution in [3.63, 3.8) is 0 Å². The largest absolute Gasteiger partial charge is 0.507 e. The molecular weight excluding hydrogens is 731 g/mol. The number of carboxylic acid groups (broad SMARTS) is 2. The second kappa shape index (κ2) is 19.1. The van der Waals surface area contributed by atoms with Crippen LogP contribution in [0.5, 0.6) is 11.5 Å². The van der Waals surface area contributed by atoms with Gasteiger partial charge in [0.2, 0.25) is 0 Å². The predicted octanol–water partition coefficient (Wildman–Crippen LogP) is 8.40. The van der Waals surface area contributed by atoms with Gasteiger partial charge in [-0.15, -0.1) is 0 Å². The number of phenolic OH excluding ortho intramolecular Hbond substituents is 2. The van der Waals surface area contributed by atoms with Crippen LogP contribution in [0.15, 0.2) is 34.3 Å². The van der Waals surface area contributed by atoms with E-state index < -0.39 is 6.16 Å². The van der Waals surface area contributed by atoms with E-state index in [1.54, 1.807) is 0 Å².